The number of nitrogens with zero attached hydrogens (tertiary/aromatic N) is 2. The number of ether oxygens (including phenoxy) is 2. The number of methoxy groups -OCH3 is 2. The number of nitrogens with one attached hydrogen (secondary N) is 1. The normalized spacial score (nSPS) is 10.3. The van der Waals surface area contributed by atoms with Crippen molar-refractivity contribution in [3.8, 4) is 11.5 Å². The second-order valence-electron chi connectivity index (χ2n) is 4.25. The first-order chi connectivity index (χ1) is 10.1. The summed E-state index contributed by atoms with van der Waals surface area (Å²) in [6.45, 7) is 1.99. The molecule has 0 unspecified atom stereocenters. The van der Waals surface area contributed by atoms with Crippen LogP contribution < -0.4 is 20.5 Å². The molecule has 0 spiro atoms. The summed E-state index contributed by atoms with van der Waals surface area (Å²) in [6, 6.07) is 3.43. The quantitative estimate of drug-likeness (QED) is 0.883. The largest absolute Gasteiger partial charge is 0.495 e. The molecule has 1 heterocycles. The van der Waals surface area contributed by atoms with E-state index in [1.165, 1.54) is 6.33 Å². The summed E-state index contributed by atoms with van der Waals surface area (Å²) >= 11 is 6.09. The summed E-state index contributed by atoms with van der Waals surface area (Å²) in [5.74, 6) is 2.21. The Bertz CT molecular complexity index is 649. The van der Waals surface area contributed by atoms with E-state index in [0.29, 0.717) is 40.3 Å². The van der Waals surface area contributed by atoms with E-state index in [0.717, 1.165) is 5.56 Å². The minimum absolute atomic E-state index is 0.454. The van der Waals surface area contributed by atoms with Gasteiger partial charge < -0.3 is 20.5 Å². The molecule has 112 valence electrons. The predicted molar refractivity (Wildman–Crippen MR) is 83.7 cm³/mol. The van der Waals surface area contributed by atoms with Gasteiger partial charge >= 0.3 is 0 Å². The molecule has 7 heteroatoms. The fraction of sp³-hybridized carbons (Fsp3) is 0.286. The van der Waals surface area contributed by atoms with Gasteiger partial charge in [0, 0.05) is 17.7 Å². The predicted octanol–water partition coefficient (Wildman–Crippen LogP) is 3.04. The van der Waals surface area contributed by atoms with Crippen LogP contribution in [-0.2, 0) is 6.42 Å². The maximum atomic E-state index is 6.09. The molecule has 0 amide bonds. The fourth-order valence-corrected chi connectivity index (χ4v) is 2.20. The van der Waals surface area contributed by atoms with E-state index in [1.54, 1.807) is 26.4 Å². The monoisotopic (exact) mass is 308 g/mol. The van der Waals surface area contributed by atoms with Gasteiger partial charge in [-0.15, -0.1) is 0 Å². The van der Waals surface area contributed by atoms with E-state index >= 15 is 0 Å². The highest BCUT2D eigenvalue weighted by molar-refractivity contribution is 6.32. The maximum absolute atomic E-state index is 6.09. The first kappa shape index (κ1) is 15.2. The number of nitrogens with two attached hydrogens (primary N) is 1. The Balaban J connectivity index is 2.46. The van der Waals surface area contributed by atoms with Crippen molar-refractivity contribution in [2.45, 2.75) is 13.3 Å². The molecule has 1 aromatic carbocycles. The van der Waals surface area contributed by atoms with Gasteiger partial charge in [0.2, 0.25) is 0 Å². The molecule has 0 atom stereocenters. The van der Waals surface area contributed by atoms with Gasteiger partial charge in [-0.25, -0.2) is 9.97 Å². The summed E-state index contributed by atoms with van der Waals surface area (Å²) in [5, 5.41) is 3.66. The van der Waals surface area contributed by atoms with Gasteiger partial charge in [-0.3, -0.25) is 0 Å². The lowest BCUT2D eigenvalue weighted by molar-refractivity contribution is 0.405. The van der Waals surface area contributed by atoms with Crippen LogP contribution in [0.25, 0.3) is 0 Å². The Labute approximate surface area is 128 Å². The standard InChI is InChI=1S/C14H17ClN4O2/c1-4-8-13(16)17-7-18-14(8)19-10-6-11(20-2)9(15)5-12(10)21-3/h5-7H,4H2,1-3H3,(H3,16,17,18,19). The van der Waals surface area contributed by atoms with Crippen molar-refractivity contribution in [2.75, 3.05) is 25.3 Å². The van der Waals surface area contributed by atoms with Crippen molar-refractivity contribution in [2.24, 2.45) is 0 Å². The van der Waals surface area contributed by atoms with Crippen molar-refractivity contribution in [3.63, 3.8) is 0 Å². The van der Waals surface area contributed by atoms with Crippen LogP contribution in [0.3, 0.4) is 0 Å². The highest BCUT2D eigenvalue weighted by Crippen LogP contribution is 2.37. The van der Waals surface area contributed by atoms with E-state index < -0.39 is 0 Å². The molecule has 0 aliphatic heterocycles. The molecular formula is C14H17ClN4O2. The smallest absolute Gasteiger partial charge is 0.144 e. The number of rotatable bonds is 5. The summed E-state index contributed by atoms with van der Waals surface area (Å²) in [5.41, 5.74) is 7.40. The molecule has 2 aromatic rings. The Morgan fingerprint density at radius 1 is 1.19 bits per heavy atom. The van der Waals surface area contributed by atoms with Crippen LogP contribution in [0.5, 0.6) is 11.5 Å². The Morgan fingerprint density at radius 2 is 1.90 bits per heavy atom. The second-order valence-corrected chi connectivity index (χ2v) is 4.66. The third-order valence-electron chi connectivity index (χ3n) is 3.06. The van der Waals surface area contributed by atoms with E-state index in [2.05, 4.69) is 15.3 Å². The number of aromatic nitrogens is 2. The van der Waals surface area contributed by atoms with Crippen molar-refractivity contribution < 1.29 is 9.47 Å². The summed E-state index contributed by atoms with van der Waals surface area (Å²) < 4.78 is 10.5. The van der Waals surface area contributed by atoms with Gasteiger partial charge in [0.05, 0.1) is 24.9 Å². The van der Waals surface area contributed by atoms with E-state index in [9.17, 15) is 0 Å². The molecule has 0 saturated heterocycles. The molecule has 0 saturated carbocycles. The Morgan fingerprint density at radius 3 is 2.52 bits per heavy atom. The lowest BCUT2D eigenvalue weighted by Crippen LogP contribution is -2.05. The average Bonchev–Trinajstić information content (AvgIpc) is 2.48. The number of anilines is 3. The molecule has 0 aliphatic rings. The molecule has 3 N–H and O–H groups in total. The van der Waals surface area contributed by atoms with Crippen molar-refractivity contribution in [1.29, 1.82) is 0 Å². The second kappa shape index (κ2) is 6.49. The molecule has 0 radical (unpaired) electrons. The number of hydrogen-bond donors (Lipinski definition) is 2. The lowest BCUT2D eigenvalue weighted by Gasteiger charge is -2.15. The topological polar surface area (TPSA) is 82.3 Å². The third kappa shape index (κ3) is 3.11. The summed E-state index contributed by atoms with van der Waals surface area (Å²) in [6.07, 6.45) is 2.12. The fourth-order valence-electron chi connectivity index (χ4n) is 1.97. The van der Waals surface area contributed by atoms with E-state index in [4.69, 9.17) is 26.8 Å². The minimum Gasteiger partial charge on any atom is -0.495 e. The highest BCUT2D eigenvalue weighted by Gasteiger charge is 2.13. The van der Waals surface area contributed by atoms with Gasteiger partial charge in [0.15, 0.2) is 0 Å². The van der Waals surface area contributed by atoms with Crippen molar-refractivity contribution in [3.05, 3.63) is 29.0 Å². The molecule has 0 bridgehead atoms. The van der Waals surface area contributed by atoms with Crippen LogP contribution >= 0.6 is 11.6 Å². The molecule has 6 nitrogen and oxygen atoms in total. The molecule has 1 aromatic heterocycles. The molecule has 0 aliphatic carbocycles. The highest BCUT2D eigenvalue weighted by atomic mass is 35.5. The molecule has 21 heavy (non-hydrogen) atoms. The number of benzene rings is 1. The zero-order chi connectivity index (χ0) is 15.4. The number of nitrogen functional groups attached to an aromatic ring is 1. The lowest BCUT2D eigenvalue weighted by atomic mass is 10.2. The van der Waals surface area contributed by atoms with Crippen LogP contribution in [0.1, 0.15) is 12.5 Å². The van der Waals surface area contributed by atoms with Gasteiger partial charge in [0.1, 0.15) is 29.5 Å². The summed E-state index contributed by atoms with van der Waals surface area (Å²) in [7, 11) is 3.12. The Kier molecular flexibility index (Phi) is 4.70. The van der Waals surface area contributed by atoms with E-state index in [1.807, 2.05) is 6.92 Å². The average molecular weight is 309 g/mol. The van der Waals surface area contributed by atoms with Crippen LogP contribution in [0, 0.1) is 0 Å². The zero-order valence-electron chi connectivity index (χ0n) is 12.1. The van der Waals surface area contributed by atoms with Crippen molar-refractivity contribution >= 4 is 28.9 Å². The van der Waals surface area contributed by atoms with Gasteiger partial charge in [0.25, 0.3) is 0 Å². The van der Waals surface area contributed by atoms with Gasteiger partial charge in [-0.1, -0.05) is 18.5 Å². The summed E-state index contributed by atoms with van der Waals surface area (Å²) in [4.78, 5) is 8.22. The number of hydrogen-bond acceptors (Lipinski definition) is 6. The SMILES string of the molecule is CCc1c(N)ncnc1Nc1cc(OC)c(Cl)cc1OC. The minimum atomic E-state index is 0.454. The van der Waals surface area contributed by atoms with Crippen LogP contribution in [-0.4, -0.2) is 24.2 Å². The van der Waals surface area contributed by atoms with Crippen LogP contribution in [0.2, 0.25) is 5.02 Å². The van der Waals surface area contributed by atoms with Gasteiger partial charge in [-0.05, 0) is 6.42 Å². The molecule has 0 fully saturated rings. The maximum Gasteiger partial charge on any atom is 0.144 e. The van der Waals surface area contributed by atoms with Crippen molar-refractivity contribution in [1.82, 2.24) is 9.97 Å². The Hall–Kier alpha value is -2.21. The van der Waals surface area contributed by atoms with Crippen LogP contribution in [0.4, 0.5) is 17.3 Å². The zero-order valence-corrected chi connectivity index (χ0v) is 12.9. The first-order valence-corrected chi connectivity index (χ1v) is 6.76. The van der Waals surface area contributed by atoms with E-state index in [-0.39, 0.29) is 0 Å². The van der Waals surface area contributed by atoms with Gasteiger partial charge in [-0.2, -0.15) is 0 Å². The van der Waals surface area contributed by atoms with Crippen LogP contribution in [0.15, 0.2) is 18.5 Å². The number of halogens is 1. The molecule has 2 rings (SSSR count). The molecular weight excluding hydrogens is 292 g/mol. The third-order valence-corrected chi connectivity index (χ3v) is 3.35. The first-order valence-electron chi connectivity index (χ1n) is 6.38.